The zero-order valence-corrected chi connectivity index (χ0v) is 18.7. The van der Waals surface area contributed by atoms with Crippen LogP contribution in [0.25, 0.3) is 22.5 Å². The number of carboxylic acid groups (broad SMARTS) is 1. The van der Waals surface area contributed by atoms with Gasteiger partial charge >= 0.3 is 5.97 Å². The summed E-state index contributed by atoms with van der Waals surface area (Å²) in [7, 11) is 0. The van der Waals surface area contributed by atoms with Crippen LogP contribution in [0.15, 0.2) is 48.5 Å². The number of carboxylic acids is 1. The third kappa shape index (κ3) is 4.64. The number of aromatic nitrogens is 6. The molecular weight excluding hydrogens is 444 g/mol. The summed E-state index contributed by atoms with van der Waals surface area (Å²) in [6, 6.07) is 15.6. The molecule has 0 bridgehead atoms. The van der Waals surface area contributed by atoms with Crippen LogP contribution in [0.3, 0.4) is 0 Å². The fraction of sp³-hybridized carbons (Fsp3) is 0.261. The van der Waals surface area contributed by atoms with Gasteiger partial charge in [-0.1, -0.05) is 73.5 Å². The Hall–Kier alpha value is -3.56. The van der Waals surface area contributed by atoms with E-state index in [9.17, 15) is 15.0 Å². The molecular formula is C23H23ClN6O3. The number of aromatic amines is 1. The van der Waals surface area contributed by atoms with Gasteiger partial charge in [0, 0.05) is 12.1 Å². The number of tetrazole rings is 1. The fourth-order valence-corrected chi connectivity index (χ4v) is 4.15. The molecule has 0 aliphatic carbocycles. The molecule has 2 aromatic carbocycles. The molecule has 33 heavy (non-hydrogen) atoms. The number of nitrogens with zero attached hydrogens (tertiary/aromatic N) is 5. The van der Waals surface area contributed by atoms with E-state index in [2.05, 4.69) is 25.6 Å². The van der Waals surface area contributed by atoms with Gasteiger partial charge in [-0.15, -0.1) is 10.2 Å². The molecule has 0 fully saturated rings. The molecule has 0 aliphatic rings. The molecule has 0 radical (unpaired) electrons. The van der Waals surface area contributed by atoms with Crippen molar-refractivity contribution in [3.63, 3.8) is 0 Å². The molecule has 4 aromatic rings. The number of aliphatic hydroxyl groups excluding tert-OH is 1. The summed E-state index contributed by atoms with van der Waals surface area (Å²) in [6.45, 7) is 1.93. The third-order valence-electron chi connectivity index (χ3n) is 5.51. The van der Waals surface area contributed by atoms with Crippen LogP contribution in [0.4, 0.5) is 0 Å². The quantitative estimate of drug-likeness (QED) is 0.341. The van der Waals surface area contributed by atoms with E-state index >= 15 is 0 Å². The lowest BCUT2D eigenvalue weighted by atomic mass is 9.98. The molecule has 0 spiro atoms. The molecule has 0 saturated heterocycles. The van der Waals surface area contributed by atoms with E-state index in [1.165, 1.54) is 0 Å². The molecule has 0 aliphatic heterocycles. The van der Waals surface area contributed by atoms with Crippen molar-refractivity contribution in [2.24, 2.45) is 0 Å². The van der Waals surface area contributed by atoms with Crippen LogP contribution in [-0.4, -0.2) is 46.4 Å². The van der Waals surface area contributed by atoms with Crippen molar-refractivity contribution in [2.45, 2.75) is 38.8 Å². The molecule has 170 valence electrons. The third-order valence-corrected chi connectivity index (χ3v) is 5.81. The number of hydrogen-bond acceptors (Lipinski definition) is 6. The van der Waals surface area contributed by atoms with Crippen molar-refractivity contribution in [1.82, 2.24) is 30.2 Å². The Bertz CT molecular complexity index is 1240. The monoisotopic (exact) mass is 466 g/mol. The first-order chi connectivity index (χ1) is 16.0. The van der Waals surface area contributed by atoms with E-state index in [4.69, 9.17) is 11.6 Å². The van der Waals surface area contributed by atoms with E-state index in [1.54, 1.807) is 4.57 Å². The predicted octanol–water partition coefficient (Wildman–Crippen LogP) is 3.89. The Morgan fingerprint density at radius 3 is 2.48 bits per heavy atom. The normalized spacial score (nSPS) is 12.1. The van der Waals surface area contributed by atoms with E-state index in [0.717, 1.165) is 22.3 Å². The number of aliphatic carboxylic acids is 1. The number of H-pyrrole nitrogens is 1. The smallest absolute Gasteiger partial charge is 0.314 e. The summed E-state index contributed by atoms with van der Waals surface area (Å²) in [5, 5.41) is 34.0. The zero-order valence-electron chi connectivity index (χ0n) is 17.9. The van der Waals surface area contributed by atoms with Gasteiger partial charge in [0.1, 0.15) is 11.7 Å². The highest BCUT2D eigenvalue weighted by Gasteiger charge is 2.27. The highest BCUT2D eigenvalue weighted by molar-refractivity contribution is 6.30. The topological polar surface area (TPSA) is 130 Å². The lowest BCUT2D eigenvalue weighted by molar-refractivity contribution is -0.139. The molecule has 2 heterocycles. The van der Waals surface area contributed by atoms with E-state index < -0.39 is 11.9 Å². The molecule has 1 atom stereocenters. The van der Waals surface area contributed by atoms with Crippen LogP contribution in [0.2, 0.25) is 5.15 Å². The van der Waals surface area contributed by atoms with Gasteiger partial charge in [0.15, 0.2) is 5.15 Å². The first-order valence-corrected chi connectivity index (χ1v) is 10.9. The summed E-state index contributed by atoms with van der Waals surface area (Å²) < 4.78 is 1.71. The maximum absolute atomic E-state index is 11.9. The summed E-state index contributed by atoms with van der Waals surface area (Å²) in [4.78, 5) is 16.1. The number of carbonyl (C=O) groups is 1. The maximum atomic E-state index is 11.9. The van der Waals surface area contributed by atoms with Crippen molar-refractivity contribution < 1.29 is 15.0 Å². The Kier molecular flexibility index (Phi) is 6.81. The average molecular weight is 467 g/mol. The molecule has 9 nitrogen and oxygen atoms in total. The molecule has 3 N–H and O–H groups in total. The number of imidazole rings is 1. The molecule has 2 aromatic heterocycles. The summed E-state index contributed by atoms with van der Waals surface area (Å²) in [5.74, 6) is -0.896. The Labute approximate surface area is 195 Å². The molecule has 0 amide bonds. The highest BCUT2D eigenvalue weighted by atomic mass is 35.5. The predicted molar refractivity (Wildman–Crippen MR) is 123 cm³/mol. The molecule has 10 heteroatoms. The lowest BCUT2D eigenvalue weighted by Gasteiger charge is -2.16. The van der Waals surface area contributed by atoms with E-state index in [0.29, 0.717) is 36.7 Å². The Morgan fingerprint density at radius 1 is 1.15 bits per heavy atom. The standard InChI is InChI=1S/C23H23ClN6O3/c1-2-5-18(23(32)33)22-25-20(24)19(13-31)30(22)12-14-8-10-15(11-9-14)16-6-3-4-7-17(16)21-26-28-29-27-21/h3-4,6-11,18,31H,2,5,12-13H2,1H3,(H,32,33)(H,26,27,28,29). The van der Waals surface area contributed by atoms with Crippen LogP contribution in [0, 0.1) is 0 Å². The van der Waals surface area contributed by atoms with Crippen molar-refractivity contribution in [2.75, 3.05) is 0 Å². The number of aliphatic hydroxyl groups is 1. The summed E-state index contributed by atoms with van der Waals surface area (Å²) in [6.07, 6.45) is 1.11. The summed E-state index contributed by atoms with van der Waals surface area (Å²) in [5.41, 5.74) is 4.11. The largest absolute Gasteiger partial charge is 0.481 e. The number of nitrogens with one attached hydrogen (secondary N) is 1. The first-order valence-electron chi connectivity index (χ1n) is 10.5. The lowest BCUT2D eigenvalue weighted by Crippen LogP contribution is -2.19. The van der Waals surface area contributed by atoms with Gasteiger partial charge in [-0.3, -0.25) is 4.79 Å². The maximum Gasteiger partial charge on any atom is 0.314 e. The second-order valence-electron chi connectivity index (χ2n) is 7.61. The average Bonchev–Trinajstić information content (AvgIpc) is 3.46. The van der Waals surface area contributed by atoms with Crippen LogP contribution in [-0.2, 0) is 17.9 Å². The van der Waals surface area contributed by atoms with Crippen LogP contribution in [0.5, 0.6) is 0 Å². The van der Waals surface area contributed by atoms with Crippen molar-refractivity contribution in [3.8, 4) is 22.5 Å². The minimum absolute atomic E-state index is 0.125. The highest BCUT2D eigenvalue weighted by Crippen LogP contribution is 2.31. The number of benzene rings is 2. The minimum Gasteiger partial charge on any atom is -0.481 e. The van der Waals surface area contributed by atoms with E-state index in [-0.39, 0.29) is 11.8 Å². The Morgan fingerprint density at radius 2 is 1.88 bits per heavy atom. The van der Waals surface area contributed by atoms with Gasteiger partial charge in [-0.2, -0.15) is 5.21 Å². The second-order valence-corrected chi connectivity index (χ2v) is 7.97. The van der Waals surface area contributed by atoms with Gasteiger partial charge in [-0.25, -0.2) is 4.98 Å². The van der Waals surface area contributed by atoms with Crippen LogP contribution >= 0.6 is 11.6 Å². The second kappa shape index (κ2) is 9.93. The summed E-state index contributed by atoms with van der Waals surface area (Å²) >= 11 is 6.23. The van der Waals surface area contributed by atoms with Gasteiger partial charge in [0.05, 0.1) is 12.3 Å². The van der Waals surface area contributed by atoms with Crippen molar-refractivity contribution in [3.05, 3.63) is 70.8 Å². The SMILES string of the molecule is CCCC(C(=O)O)c1nc(Cl)c(CO)n1Cc1ccc(-c2ccccc2-c2nn[nH]n2)cc1. The van der Waals surface area contributed by atoms with Crippen LogP contribution in [0.1, 0.15) is 42.8 Å². The zero-order chi connectivity index (χ0) is 23.4. The van der Waals surface area contributed by atoms with E-state index in [1.807, 2.05) is 55.5 Å². The number of rotatable bonds is 9. The first kappa shape index (κ1) is 22.6. The minimum atomic E-state index is -0.960. The number of halogens is 1. The van der Waals surface area contributed by atoms with Gasteiger partial charge < -0.3 is 14.8 Å². The van der Waals surface area contributed by atoms with Crippen molar-refractivity contribution >= 4 is 17.6 Å². The van der Waals surface area contributed by atoms with Crippen molar-refractivity contribution in [1.29, 1.82) is 0 Å². The fourth-order valence-electron chi connectivity index (χ4n) is 3.90. The molecule has 4 rings (SSSR count). The van der Waals surface area contributed by atoms with Gasteiger partial charge in [0.25, 0.3) is 0 Å². The Balaban J connectivity index is 1.67. The van der Waals surface area contributed by atoms with Gasteiger partial charge in [-0.05, 0) is 28.3 Å². The molecule has 0 saturated carbocycles. The number of hydrogen-bond donors (Lipinski definition) is 3. The van der Waals surface area contributed by atoms with Gasteiger partial charge in [0.2, 0.25) is 5.82 Å². The van der Waals surface area contributed by atoms with Crippen LogP contribution < -0.4 is 0 Å². The molecule has 1 unspecified atom stereocenters.